The second-order valence-electron chi connectivity index (χ2n) is 5.04. The van der Waals surface area contributed by atoms with Crippen LogP contribution in [-0.4, -0.2) is 7.05 Å². The van der Waals surface area contributed by atoms with Crippen molar-refractivity contribution in [3.05, 3.63) is 58.1 Å². The molecule has 0 saturated heterocycles. The Morgan fingerprint density at radius 1 is 0.950 bits per heavy atom. The molecule has 0 bridgehead atoms. The van der Waals surface area contributed by atoms with Gasteiger partial charge in [-0.05, 0) is 53.8 Å². The number of hydrogen-bond donors (Lipinski definition) is 1. The van der Waals surface area contributed by atoms with Crippen LogP contribution >= 0.6 is 11.6 Å². The summed E-state index contributed by atoms with van der Waals surface area (Å²) in [6.45, 7) is 5.18. The Morgan fingerprint density at radius 2 is 1.70 bits per heavy atom. The van der Waals surface area contributed by atoms with E-state index in [9.17, 15) is 0 Å². The normalized spacial score (nSPS) is 10.8. The third kappa shape index (κ3) is 3.23. The second-order valence-corrected chi connectivity index (χ2v) is 5.44. The lowest BCUT2D eigenvalue weighted by atomic mass is 9.94. The average Bonchev–Trinajstić information content (AvgIpc) is 2.48. The first-order chi connectivity index (χ1) is 9.69. The lowest BCUT2D eigenvalue weighted by Crippen LogP contribution is -2.05. The highest BCUT2D eigenvalue weighted by Crippen LogP contribution is 2.29. The third-order valence-electron chi connectivity index (χ3n) is 3.69. The number of aryl methyl sites for hydroxylation is 2. The van der Waals surface area contributed by atoms with E-state index in [0.717, 1.165) is 30.0 Å². The summed E-state index contributed by atoms with van der Waals surface area (Å²) < 4.78 is 0. The van der Waals surface area contributed by atoms with Crippen molar-refractivity contribution in [3.8, 4) is 11.1 Å². The maximum Gasteiger partial charge on any atom is 0.0457 e. The molecule has 2 aromatic carbocycles. The van der Waals surface area contributed by atoms with E-state index >= 15 is 0 Å². The molecule has 2 aromatic rings. The quantitative estimate of drug-likeness (QED) is 0.829. The molecule has 1 N–H and O–H groups in total. The van der Waals surface area contributed by atoms with Crippen LogP contribution < -0.4 is 5.32 Å². The molecule has 0 heterocycles. The molecule has 20 heavy (non-hydrogen) atoms. The zero-order chi connectivity index (χ0) is 14.5. The first-order valence-electron chi connectivity index (χ1n) is 7.24. The molecule has 0 fully saturated rings. The van der Waals surface area contributed by atoms with Crippen molar-refractivity contribution >= 4 is 11.6 Å². The molecule has 0 saturated carbocycles. The molecule has 0 radical (unpaired) electrons. The number of nitrogens with one attached hydrogen (secondary N) is 1. The predicted molar refractivity (Wildman–Crippen MR) is 88.4 cm³/mol. The van der Waals surface area contributed by atoms with Crippen molar-refractivity contribution in [2.24, 2.45) is 0 Å². The Bertz CT molecular complexity index is 590. The van der Waals surface area contributed by atoms with Gasteiger partial charge in [-0.15, -0.1) is 0 Å². The molecule has 0 aliphatic rings. The van der Waals surface area contributed by atoms with Gasteiger partial charge in [0, 0.05) is 11.6 Å². The van der Waals surface area contributed by atoms with Gasteiger partial charge in [0.1, 0.15) is 0 Å². The number of rotatable bonds is 5. The summed E-state index contributed by atoms with van der Waals surface area (Å²) in [4.78, 5) is 0. The van der Waals surface area contributed by atoms with Crippen LogP contribution in [0.25, 0.3) is 11.1 Å². The van der Waals surface area contributed by atoms with Crippen LogP contribution in [-0.2, 0) is 19.4 Å². The van der Waals surface area contributed by atoms with Crippen LogP contribution in [0.4, 0.5) is 0 Å². The molecular weight excluding hydrogens is 266 g/mol. The maximum absolute atomic E-state index is 6.39. The molecule has 0 aliphatic heterocycles. The topological polar surface area (TPSA) is 12.0 Å². The van der Waals surface area contributed by atoms with Gasteiger partial charge < -0.3 is 5.32 Å². The van der Waals surface area contributed by atoms with E-state index in [1.165, 1.54) is 22.3 Å². The van der Waals surface area contributed by atoms with Crippen molar-refractivity contribution in [2.45, 2.75) is 33.2 Å². The smallest absolute Gasteiger partial charge is 0.0457 e. The molecule has 0 unspecified atom stereocenters. The molecular formula is C18H22ClN. The Morgan fingerprint density at radius 3 is 2.30 bits per heavy atom. The Balaban J connectivity index is 2.47. The van der Waals surface area contributed by atoms with Gasteiger partial charge >= 0.3 is 0 Å². The molecule has 0 atom stereocenters. The summed E-state index contributed by atoms with van der Waals surface area (Å²) in [7, 11) is 1.93. The highest BCUT2D eigenvalue weighted by molar-refractivity contribution is 6.31. The molecule has 0 aromatic heterocycles. The lowest BCUT2D eigenvalue weighted by Gasteiger charge is -2.12. The molecule has 106 valence electrons. The van der Waals surface area contributed by atoms with Crippen molar-refractivity contribution in [1.82, 2.24) is 5.32 Å². The molecule has 2 heteroatoms. The Kier molecular flexibility index (Phi) is 5.22. The van der Waals surface area contributed by atoms with Crippen molar-refractivity contribution < 1.29 is 0 Å². The summed E-state index contributed by atoms with van der Waals surface area (Å²) in [6.07, 6.45) is 2.10. The minimum atomic E-state index is 0.800. The standard InChI is InChI=1S/C18H22ClN/c1-4-13-6-7-14(5-2)17(10-13)15-8-9-16(12-20-3)18(19)11-15/h6-11,20H,4-5,12H2,1-3H3. The first kappa shape index (κ1) is 15.1. The Hall–Kier alpha value is -1.31. The summed E-state index contributed by atoms with van der Waals surface area (Å²) in [5, 5.41) is 3.97. The third-order valence-corrected chi connectivity index (χ3v) is 4.05. The van der Waals surface area contributed by atoms with Gasteiger partial charge in [0.15, 0.2) is 0 Å². The van der Waals surface area contributed by atoms with Crippen LogP contribution in [0, 0.1) is 0 Å². The van der Waals surface area contributed by atoms with E-state index in [-0.39, 0.29) is 0 Å². The van der Waals surface area contributed by atoms with Gasteiger partial charge in [0.25, 0.3) is 0 Å². The largest absolute Gasteiger partial charge is 0.316 e. The van der Waals surface area contributed by atoms with Crippen LogP contribution in [0.1, 0.15) is 30.5 Å². The zero-order valence-corrected chi connectivity index (χ0v) is 13.2. The SMILES string of the molecule is CCc1ccc(CC)c(-c2ccc(CNC)c(Cl)c2)c1. The first-order valence-corrected chi connectivity index (χ1v) is 7.62. The Labute approximate surface area is 127 Å². The van der Waals surface area contributed by atoms with E-state index in [1.807, 2.05) is 7.05 Å². The molecule has 1 nitrogen and oxygen atoms in total. The highest BCUT2D eigenvalue weighted by atomic mass is 35.5. The molecule has 0 aliphatic carbocycles. The maximum atomic E-state index is 6.39. The van der Waals surface area contributed by atoms with Gasteiger partial charge in [-0.2, -0.15) is 0 Å². The second kappa shape index (κ2) is 6.92. The fourth-order valence-electron chi connectivity index (χ4n) is 2.47. The monoisotopic (exact) mass is 287 g/mol. The van der Waals surface area contributed by atoms with Crippen LogP contribution in [0.2, 0.25) is 5.02 Å². The molecule has 0 amide bonds. The number of halogens is 1. The summed E-state index contributed by atoms with van der Waals surface area (Å²) in [5.74, 6) is 0. The average molecular weight is 288 g/mol. The minimum Gasteiger partial charge on any atom is -0.316 e. The van der Waals surface area contributed by atoms with Crippen LogP contribution in [0.15, 0.2) is 36.4 Å². The summed E-state index contributed by atoms with van der Waals surface area (Å²) in [5.41, 5.74) is 6.40. The van der Waals surface area contributed by atoms with Gasteiger partial charge in [-0.25, -0.2) is 0 Å². The fourth-order valence-corrected chi connectivity index (χ4v) is 2.72. The summed E-state index contributed by atoms with van der Waals surface area (Å²) in [6, 6.07) is 13.1. The molecule has 0 spiro atoms. The van der Waals surface area contributed by atoms with Crippen LogP contribution in [0.5, 0.6) is 0 Å². The van der Waals surface area contributed by atoms with E-state index in [4.69, 9.17) is 11.6 Å². The summed E-state index contributed by atoms with van der Waals surface area (Å²) >= 11 is 6.39. The lowest BCUT2D eigenvalue weighted by molar-refractivity contribution is 0.818. The van der Waals surface area contributed by atoms with Crippen molar-refractivity contribution in [1.29, 1.82) is 0 Å². The van der Waals surface area contributed by atoms with E-state index < -0.39 is 0 Å². The van der Waals surface area contributed by atoms with Crippen LogP contribution in [0.3, 0.4) is 0 Å². The zero-order valence-electron chi connectivity index (χ0n) is 12.5. The van der Waals surface area contributed by atoms with Gasteiger partial charge in [-0.1, -0.05) is 55.8 Å². The predicted octanol–water partition coefficient (Wildman–Crippen LogP) is 4.85. The van der Waals surface area contributed by atoms with Gasteiger partial charge in [0.05, 0.1) is 0 Å². The van der Waals surface area contributed by atoms with E-state index in [0.29, 0.717) is 0 Å². The van der Waals surface area contributed by atoms with E-state index in [1.54, 1.807) is 0 Å². The number of benzene rings is 2. The minimum absolute atomic E-state index is 0.800. The van der Waals surface area contributed by atoms with Crippen molar-refractivity contribution in [2.75, 3.05) is 7.05 Å². The van der Waals surface area contributed by atoms with Crippen molar-refractivity contribution in [3.63, 3.8) is 0 Å². The van der Waals surface area contributed by atoms with Gasteiger partial charge in [-0.3, -0.25) is 0 Å². The number of hydrogen-bond acceptors (Lipinski definition) is 1. The van der Waals surface area contributed by atoms with Gasteiger partial charge in [0.2, 0.25) is 0 Å². The highest BCUT2D eigenvalue weighted by Gasteiger charge is 2.08. The molecule has 2 rings (SSSR count). The fraction of sp³-hybridized carbons (Fsp3) is 0.333. The van der Waals surface area contributed by atoms with E-state index in [2.05, 4.69) is 55.6 Å².